The van der Waals surface area contributed by atoms with Gasteiger partial charge in [-0.15, -0.1) is 0 Å². The van der Waals surface area contributed by atoms with Crippen LogP contribution in [0.15, 0.2) is 36.4 Å². The maximum Gasteiger partial charge on any atom is 0.243 e. The molecular formula is C25H30FNO2. The molecular weight excluding hydrogens is 365 g/mol. The quantitative estimate of drug-likeness (QED) is 0.723. The highest BCUT2D eigenvalue weighted by Gasteiger charge is 2.60. The van der Waals surface area contributed by atoms with Gasteiger partial charge in [-0.05, 0) is 92.0 Å². The molecule has 3 saturated carbocycles. The lowest BCUT2D eigenvalue weighted by Crippen LogP contribution is -2.59. The van der Waals surface area contributed by atoms with E-state index in [4.69, 9.17) is 0 Å². The van der Waals surface area contributed by atoms with E-state index in [0.29, 0.717) is 23.3 Å². The molecule has 5 rings (SSSR count). The highest BCUT2D eigenvalue weighted by Crippen LogP contribution is 2.65. The molecule has 3 nitrogen and oxygen atoms in total. The Kier molecular flexibility index (Phi) is 4.27. The van der Waals surface area contributed by atoms with E-state index in [1.54, 1.807) is 18.2 Å². The van der Waals surface area contributed by atoms with E-state index in [-0.39, 0.29) is 40.3 Å². The van der Waals surface area contributed by atoms with Crippen molar-refractivity contribution in [1.82, 2.24) is 5.32 Å². The second-order valence-electron chi connectivity index (χ2n) is 10.3. The maximum absolute atomic E-state index is 13.3. The summed E-state index contributed by atoms with van der Waals surface area (Å²) >= 11 is 0. The molecule has 4 aliphatic rings. The fourth-order valence-electron chi connectivity index (χ4n) is 7.58. The number of ketones is 1. The van der Waals surface area contributed by atoms with E-state index in [1.807, 2.05) is 0 Å². The van der Waals surface area contributed by atoms with Crippen molar-refractivity contribution in [3.8, 4) is 0 Å². The highest BCUT2D eigenvalue weighted by molar-refractivity contribution is 5.98. The number of fused-ring (bicyclic) bond motifs is 5. The van der Waals surface area contributed by atoms with Crippen LogP contribution < -0.4 is 5.32 Å². The molecule has 0 bridgehead atoms. The molecule has 3 aliphatic carbocycles. The van der Waals surface area contributed by atoms with Gasteiger partial charge in [-0.2, -0.15) is 0 Å². The number of nitrogens with one attached hydrogen (secondary N) is 1. The molecule has 3 fully saturated rings. The van der Waals surface area contributed by atoms with Gasteiger partial charge >= 0.3 is 0 Å². The minimum Gasteiger partial charge on any atom is -0.349 e. The van der Waals surface area contributed by atoms with Gasteiger partial charge in [0.1, 0.15) is 5.82 Å². The Morgan fingerprint density at radius 1 is 1.03 bits per heavy atom. The molecule has 7 atom stereocenters. The first kappa shape index (κ1) is 19.0. The minimum absolute atomic E-state index is 0.0250. The summed E-state index contributed by atoms with van der Waals surface area (Å²) in [4.78, 5) is 25.2. The van der Waals surface area contributed by atoms with E-state index in [1.165, 1.54) is 12.1 Å². The van der Waals surface area contributed by atoms with Crippen molar-refractivity contribution in [2.24, 2.45) is 34.5 Å². The number of halogens is 1. The van der Waals surface area contributed by atoms with Crippen LogP contribution in [-0.2, 0) is 4.79 Å². The van der Waals surface area contributed by atoms with Crippen molar-refractivity contribution >= 4 is 11.7 Å². The Hall–Kier alpha value is -1.97. The first-order chi connectivity index (χ1) is 13.8. The highest BCUT2D eigenvalue weighted by atomic mass is 19.1. The molecule has 0 radical (unpaired) electrons. The normalized spacial score (nSPS) is 43.1. The van der Waals surface area contributed by atoms with Crippen LogP contribution in [0.2, 0.25) is 0 Å². The molecule has 1 N–H and O–H groups in total. The van der Waals surface area contributed by atoms with Gasteiger partial charge in [-0.1, -0.05) is 19.9 Å². The second-order valence-corrected chi connectivity index (χ2v) is 10.3. The van der Waals surface area contributed by atoms with Crippen LogP contribution in [0, 0.1) is 40.3 Å². The molecule has 0 aromatic heterocycles. The zero-order valence-electron chi connectivity index (χ0n) is 17.3. The molecule has 0 spiro atoms. The summed E-state index contributed by atoms with van der Waals surface area (Å²) in [6.07, 6.45) is 10.3. The number of hydrogen-bond acceptors (Lipinski definition) is 2. The summed E-state index contributed by atoms with van der Waals surface area (Å²) in [5.74, 6) is 1.70. The smallest absolute Gasteiger partial charge is 0.243 e. The van der Waals surface area contributed by atoms with Crippen molar-refractivity contribution in [1.29, 1.82) is 0 Å². The Labute approximate surface area is 172 Å². The van der Waals surface area contributed by atoms with Crippen molar-refractivity contribution in [2.45, 2.75) is 58.4 Å². The maximum atomic E-state index is 13.3. The topological polar surface area (TPSA) is 46.2 Å². The predicted molar refractivity (Wildman–Crippen MR) is 110 cm³/mol. The van der Waals surface area contributed by atoms with Gasteiger partial charge in [0.05, 0.1) is 0 Å². The largest absolute Gasteiger partial charge is 0.349 e. The molecule has 1 amide bonds. The number of hydrogen-bond donors (Lipinski definition) is 1. The first-order valence-corrected chi connectivity index (χ1v) is 11.1. The average Bonchev–Trinajstić information content (AvgIpc) is 3.06. The Morgan fingerprint density at radius 3 is 2.55 bits per heavy atom. The lowest BCUT2D eigenvalue weighted by molar-refractivity contribution is -0.122. The summed E-state index contributed by atoms with van der Waals surface area (Å²) in [5, 5.41) is 3.20. The first-order valence-electron chi connectivity index (χ1n) is 11.1. The minimum atomic E-state index is -0.296. The van der Waals surface area contributed by atoms with Crippen molar-refractivity contribution in [2.75, 3.05) is 0 Å². The number of rotatable bonds is 2. The lowest BCUT2D eigenvalue weighted by atomic mass is 9.47. The van der Waals surface area contributed by atoms with Gasteiger partial charge in [0, 0.05) is 22.9 Å². The van der Waals surface area contributed by atoms with Crippen LogP contribution in [0.1, 0.15) is 62.7 Å². The Bertz CT molecular complexity index is 877. The van der Waals surface area contributed by atoms with E-state index in [0.717, 1.165) is 38.5 Å². The Morgan fingerprint density at radius 2 is 1.79 bits per heavy atom. The summed E-state index contributed by atoms with van der Waals surface area (Å²) in [7, 11) is 0. The van der Waals surface area contributed by atoms with Crippen molar-refractivity contribution < 1.29 is 14.0 Å². The molecule has 154 valence electrons. The molecule has 0 saturated heterocycles. The monoisotopic (exact) mass is 395 g/mol. The van der Waals surface area contributed by atoms with Crippen LogP contribution in [0.25, 0.3) is 0 Å². The third-order valence-electron chi connectivity index (χ3n) is 9.13. The van der Waals surface area contributed by atoms with Gasteiger partial charge < -0.3 is 5.32 Å². The molecule has 1 heterocycles. The summed E-state index contributed by atoms with van der Waals surface area (Å²) in [6, 6.07) is 6.31. The number of benzene rings is 1. The van der Waals surface area contributed by atoms with Crippen molar-refractivity contribution in [3.05, 3.63) is 47.8 Å². The van der Waals surface area contributed by atoms with E-state index < -0.39 is 0 Å². The number of amides is 1. The van der Waals surface area contributed by atoms with Crippen LogP contribution in [-0.4, -0.2) is 17.7 Å². The second kappa shape index (κ2) is 6.52. The average molecular weight is 396 g/mol. The third-order valence-corrected chi connectivity index (χ3v) is 9.13. The fourth-order valence-corrected chi connectivity index (χ4v) is 7.58. The summed E-state index contributed by atoms with van der Waals surface area (Å²) in [5.41, 5.74) is 0.697. The SMILES string of the molecule is C[C@]12C=CC(=O)NC1CC[C@@H]1[C@H]2CC[C@]2(C)C(C(=O)c3ccc(F)cc3)CC[C@@H]12. The molecule has 1 aromatic rings. The van der Waals surface area contributed by atoms with Crippen molar-refractivity contribution in [3.63, 3.8) is 0 Å². The predicted octanol–water partition coefficient (Wildman–Crippen LogP) is 4.92. The van der Waals surface area contributed by atoms with Crippen LogP contribution in [0.3, 0.4) is 0 Å². The Balaban J connectivity index is 1.42. The third kappa shape index (κ3) is 2.74. The molecule has 29 heavy (non-hydrogen) atoms. The van der Waals surface area contributed by atoms with Gasteiger partial charge in [-0.3, -0.25) is 9.59 Å². The molecule has 1 aliphatic heterocycles. The van der Waals surface area contributed by atoms with E-state index in [2.05, 4.69) is 25.2 Å². The van der Waals surface area contributed by atoms with Gasteiger partial charge in [-0.25, -0.2) is 4.39 Å². The van der Waals surface area contributed by atoms with Crippen LogP contribution in [0.4, 0.5) is 4.39 Å². The number of carbonyl (C=O) groups excluding carboxylic acids is 2. The van der Waals surface area contributed by atoms with Crippen LogP contribution in [0.5, 0.6) is 0 Å². The summed E-state index contributed by atoms with van der Waals surface area (Å²) < 4.78 is 13.3. The number of Topliss-reactive ketones (excluding diaryl/α,β-unsaturated/α-hetero) is 1. The van der Waals surface area contributed by atoms with Crippen LogP contribution >= 0.6 is 0 Å². The molecule has 1 aromatic carbocycles. The fraction of sp³-hybridized carbons (Fsp3) is 0.600. The zero-order valence-corrected chi connectivity index (χ0v) is 17.3. The van der Waals surface area contributed by atoms with Gasteiger partial charge in [0.2, 0.25) is 5.91 Å². The van der Waals surface area contributed by atoms with Gasteiger partial charge in [0.25, 0.3) is 0 Å². The van der Waals surface area contributed by atoms with E-state index in [9.17, 15) is 14.0 Å². The number of carbonyl (C=O) groups is 2. The van der Waals surface area contributed by atoms with Gasteiger partial charge in [0.15, 0.2) is 5.78 Å². The lowest BCUT2D eigenvalue weighted by Gasteiger charge is -2.58. The standard InChI is InChI=1S/C25H30FNO2/c1-24-13-11-19-17(7-10-21-25(19,2)14-12-22(28)27-21)18(24)8-9-20(24)23(29)15-3-5-16(26)6-4-15/h3-6,12,14,17-21H,7-11,13H2,1-2H3,(H,27,28)/t17-,18-,19+,20?,21?,24-,25+/m0/s1. The van der Waals surface area contributed by atoms with E-state index >= 15 is 0 Å². The molecule has 4 heteroatoms. The molecule has 2 unspecified atom stereocenters. The summed E-state index contributed by atoms with van der Waals surface area (Å²) in [6.45, 7) is 4.66. The zero-order chi connectivity index (χ0) is 20.4.